The van der Waals surface area contributed by atoms with Gasteiger partial charge in [0.25, 0.3) is 0 Å². The van der Waals surface area contributed by atoms with Gasteiger partial charge in [-0.3, -0.25) is 0 Å². The zero-order valence-corrected chi connectivity index (χ0v) is 9.83. The number of aromatic carboxylic acids is 1. The van der Waals surface area contributed by atoms with Gasteiger partial charge >= 0.3 is 5.97 Å². The maximum Gasteiger partial charge on any atom is 0.335 e. The summed E-state index contributed by atoms with van der Waals surface area (Å²) in [5.74, 6) is -0.757. The molecule has 0 fully saturated rings. The van der Waals surface area contributed by atoms with E-state index in [1.165, 1.54) is 12.1 Å². The Bertz CT molecular complexity index is 746. The average molecular weight is 254 g/mol. The molecule has 2 aromatic rings. The van der Waals surface area contributed by atoms with Crippen LogP contribution in [0.1, 0.15) is 16.1 Å². The lowest BCUT2D eigenvalue weighted by Crippen LogP contribution is -1.94. The van der Waals surface area contributed by atoms with Crippen molar-refractivity contribution in [3.05, 3.63) is 59.4 Å². The fourth-order valence-corrected chi connectivity index (χ4v) is 1.97. The van der Waals surface area contributed by atoms with E-state index in [1.54, 1.807) is 12.1 Å². The maximum absolute atomic E-state index is 10.9. The predicted octanol–water partition coefficient (Wildman–Crippen LogP) is 3.35. The predicted molar refractivity (Wildman–Crippen MR) is 71.1 cm³/mol. The maximum atomic E-state index is 10.9. The Morgan fingerprint density at radius 1 is 1.21 bits per heavy atom. The first kappa shape index (κ1) is 11.3. The highest BCUT2D eigenvalue weighted by atomic mass is 16.4. The number of hydrogen-bond acceptors (Lipinski definition) is 3. The van der Waals surface area contributed by atoms with Crippen molar-refractivity contribution in [2.75, 3.05) is 0 Å². The Balaban J connectivity index is 2.15. The van der Waals surface area contributed by atoms with E-state index in [2.05, 4.69) is 0 Å². The molecule has 0 bridgehead atoms. The van der Waals surface area contributed by atoms with Crippen LogP contribution in [0.15, 0.2) is 52.5 Å². The fourth-order valence-electron chi connectivity index (χ4n) is 1.97. The minimum absolute atomic E-state index is 0.0423. The molecular formula is C15H10O4. The molecule has 4 heteroatoms. The monoisotopic (exact) mass is 254 g/mol. The molecule has 3 rings (SSSR count). The Morgan fingerprint density at radius 3 is 2.63 bits per heavy atom. The second kappa shape index (κ2) is 4.17. The van der Waals surface area contributed by atoms with Crippen molar-refractivity contribution < 1.29 is 19.4 Å². The molecular weight excluding hydrogens is 244 g/mol. The van der Waals surface area contributed by atoms with E-state index >= 15 is 0 Å². The van der Waals surface area contributed by atoms with Gasteiger partial charge < -0.3 is 14.6 Å². The molecule has 0 radical (unpaired) electrons. The SMILES string of the molecule is O=C(O)c1ccc2oc(C=C3C=CC=C3)c(O)c2c1. The van der Waals surface area contributed by atoms with Crippen LogP contribution in [0.5, 0.6) is 5.75 Å². The molecule has 0 spiro atoms. The summed E-state index contributed by atoms with van der Waals surface area (Å²) in [6.45, 7) is 0. The van der Waals surface area contributed by atoms with Crippen LogP contribution in [-0.2, 0) is 0 Å². The van der Waals surface area contributed by atoms with Gasteiger partial charge in [0.2, 0.25) is 0 Å². The summed E-state index contributed by atoms with van der Waals surface area (Å²) in [7, 11) is 0. The molecule has 1 aliphatic rings. The summed E-state index contributed by atoms with van der Waals surface area (Å²) in [6, 6.07) is 4.39. The van der Waals surface area contributed by atoms with Gasteiger partial charge in [-0.05, 0) is 29.8 Å². The zero-order chi connectivity index (χ0) is 13.4. The van der Waals surface area contributed by atoms with Crippen LogP contribution in [0.4, 0.5) is 0 Å². The fraction of sp³-hybridized carbons (Fsp3) is 0. The Morgan fingerprint density at radius 2 is 1.95 bits per heavy atom. The Labute approximate surface area is 108 Å². The smallest absolute Gasteiger partial charge is 0.335 e. The topological polar surface area (TPSA) is 70.7 Å². The van der Waals surface area contributed by atoms with E-state index in [0.717, 1.165) is 5.57 Å². The molecule has 0 atom stereocenters. The van der Waals surface area contributed by atoms with Crippen LogP contribution in [0.25, 0.3) is 17.0 Å². The molecule has 1 aromatic heterocycles. The van der Waals surface area contributed by atoms with Crippen molar-refractivity contribution in [3.8, 4) is 5.75 Å². The normalized spacial score (nSPS) is 13.4. The highest BCUT2D eigenvalue weighted by molar-refractivity contribution is 5.96. The third-order valence-electron chi connectivity index (χ3n) is 2.92. The molecule has 1 aromatic carbocycles. The molecule has 1 heterocycles. The van der Waals surface area contributed by atoms with Crippen molar-refractivity contribution in [2.24, 2.45) is 0 Å². The quantitative estimate of drug-likeness (QED) is 0.862. The van der Waals surface area contributed by atoms with Crippen LogP contribution >= 0.6 is 0 Å². The molecule has 1 aliphatic carbocycles. The van der Waals surface area contributed by atoms with Gasteiger partial charge in [-0.1, -0.05) is 24.3 Å². The van der Waals surface area contributed by atoms with Crippen molar-refractivity contribution in [1.82, 2.24) is 0 Å². The van der Waals surface area contributed by atoms with Crippen molar-refractivity contribution >= 4 is 23.0 Å². The first-order chi connectivity index (χ1) is 9.15. The highest BCUT2D eigenvalue weighted by Crippen LogP contribution is 2.34. The molecule has 4 nitrogen and oxygen atoms in total. The zero-order valence-electron chi connectivity index (χ0n) is 9.83. The molecule has 94 valence electrons. The average Bonchev–Trinajstić information content (AvgIpc) is 2.99. The number of fused-ring (bicyclic) bond motifs is 1. The van der Waals surface area contributed by atoms with Gasteiger partial charge in [0.05, 0.1) is 10.9 Å². The van der Waals surface area contributed by atoms with Gasteiger partial charge in [0.15, 0.2) is 11.5 Å². The third-order valence-corrected chi connectivity index (χ3v) is 2.92. The molecule has 0 saturated heterocycles. The number of hydrogen-bond donors (Lipinski definition) is 2. The van der Waals surface area contributed by atoms with E-state index in [0.29, 0.717) is 16.7 Å². The summed E-state index contributed by atoms with van der Waals surface area (Å²) in [5, 5.41) is 19.4. The molecule has 0 unspecified atom stereocenters. The Hall–Kier alpha value is -2.75. The number of carbonyl (C=O) groups is 1. The van der Waals surface area contributed by atoms with Gasteiger partial charge in [-0.2, -0.15) is 0 Å². The second-order valence-electron chi connectivity index (χ2n) is 4.19. The van der Waals surface area contributed by atoms with Crippen LogP contribution < -0.4 is 0 Å². The van der Waals surface area contributed by atoms with E-state index in [-0.39, 0.29) is 11.3 Å². The summed E-state index contributed by atoms with van der Waals surface area (Å²) in [4.78, 5) is 10.9. The molecule has 0 aliphatic heterocycles. The van der Waals surface area contributed by atoms with E-state index in [9.17, 15) is 9.90 Å². The van der Waals surface area contributed by atoms with Crippen molar-refractivity contribution in [2.45, 2.75) is 0 Å². The molecule has 0 saturated carbocycles. The molecule has 2 N–H and O–H groups in total. The minimum atomic E-state index is -1.04. The minimum Gasteiger partial charge on any atom is -0.504 e. The largest absolute Gasteiger partial charge is 0.504 e. The molecule has 0 amide bonds. The van der Waals surface area contributed by atoms with E-state index < -0.39 is 5.97 Å². The summed E-state index contributed by atoms with van der Waals surface area (Å²) < 4.78 is 5.51. The van der Waals surface area contributed by atoms with E-state index in [1.807, 2.05) is 24.3 Å². The first-order valence-corrected chi connectivity index (χ1v) is 5.70. The van der Waals surface area contributed by atoms with Crippen molar-refractivity contribution in [1.29, 1.82) is 0 Å². The second-order valence-corrected chi connectivity index (χ2v) is 4.19. The van der Waals surface area contributed by atoms with Gasteiger partial charge in [0, 0.05) is 0 Å². The summed E-state index contributed by atoms with van der Waals surface area (Å²) in [5.41, 5.74) is 1.48. The van der Waals surface area contributed by atoms with Gasteiger partial charge in [-0.15, -0.1) is 0 Å². The van der Waals surface area contributed by atoms with E-state index in [4.69, 9.17) is 9.52 Å². The number of carboxylic acid groups (broad SMARTS) is 1. The summed E-state index contributed by atoms with van der Waals surface area (Å²) in [6.07, 6.45) is 9.24. The number of allylic oxidation sites excluding steroid dienone is 5. The summed E-state index contributed by atoms with van der Waals surface area (Å²) >= 11 is 0. The Kier molecular flexibility index (Phi) is 2.49. The number of rotatable bonds is 2. The van der Waals surface area contributed by atoms with Gasteiger partial charge in [-0.25, -0.2) is 4.79 Å². The van der Waals surface area contributed by atoms with Crippen LogP contribution in [0.2, 0.25) is 0 Å². The number of benzene rings is 1. The van der Waals surface area contributed by atoms with Gasteiger partial charge in [0.1, 0.15) is 5.58 Å². The standard InChI is InChI=1S/C15H10O4/c16-14-11-8-10(15(17)18)5-6-12(11)19-13(14)7-9-3-1-2-4-9/h1-8,16H,(H,17,18). The molecule has 19 heavy (non-hydrogen) atoms. The first-order valence-electron chi connectivity index (χ1n) is 5.70. The lowest BCUT2D eigenvalue weighted by Gasteiger charge is -1.93. The number of carboxylic acids is 1. The lowest BCUT2D eigenvalue weighted by atomic mass is 10.1. The van der Waals surface area contributed by atoms with Crippen LogP contribution in [-0.4, -0.2) is 16.2 Å². The van der Waals surface area contributed by atoms with Crippen molar-refractivity contribution in [3.63, 3.8) is 0 Å². The van der Waals surface area contributed by atoms with Crippen LogP contribution in [0, 0.1) is 0 Å². The lowest BCUT2D eigenvalue weighted by molar-refractivity contribution is 0.0697. The number of furan rings is 1. The third kappa shape index (κ3) is 1.93. The van der Waals surface area contributed by atoms with Crippen LogP contribution in [0.3, 0.4) is 0 Å². The highest BCUT2D eigenvalue weighted by Gasteiger charge is 2.14. The number of aromatic hydroxyl groups is 1.